The molecule has 144 valence electrons. The van der Waals surface area contributed by atoms with Crippen LogP contribution in [0.2, 0.25) is 0 Å². The minimum absolute atomic E-state index is 0.967. The molecule has 0 spiro atoms. The fourth-order valence-corrected chi connectivity index (χ4v) is 3.74. The summed E-state index contributed by atoms with van der Waals surface area (Å²) in [4.78, 5) is 0. The van der Waals surface area contributed by atoms with Crippen molar-refractivity contribution in [2.24, 2.45) is 0 Å². The van der Waals surface area contributed by atoms with E-state index in [9.17, 15) is 0 Å². The maximum atomic E-state index is 4.41. The van der Waals surface area contributed by atoms with E-state index < -0.39 is 0 Å². The summed E-state index contributed by atoms with van der Waals surface area (Å²) >= 11 is 0. The fourth-order valence-electron chi connectivity index (χ4n) is 3.74. The highest BCUT2D eigenvalue weighted by molar-refractivity contribution is 5.95. The standard InChI is InChI=1S/C24H33N3/c1-2-3-4-5-6-7-8-9-10-13-19-27-20-24(25-26-27)23-18-14-16-21-15-11-12-17-22(21)23/h11-12,14-18,20H,2-10,13,19H2,1H3. The lowest BCUT2D eigenvalue weighted by atomic mass is 10.0. The zero-order valence-electron chi connectivity index (χ0n) is 16.7. The van der Waals surface area contributed by atoms with Gasteiger partial charge >= 0.3 is 0 Å². The molecule has 3 heteroatoms. The van der Waals surface area contributed by atoms with E-state index in [4.69, 9.17) is 0 Å². The number of rotatable bonds is 12. The SMILES string of the molecule is CCCCCCCCCCCCn1cc(-c2cccc3ccccc23)nn1. The number of benzene rings is 2. The molecule has 0 bridgehead atoms. The monoisotopic (exact) mass is 363 g/mol. The summed E-state index contributed by atoms with van der Waals surface area (Å²) in [6, 6.07) is 14.8. The first-order valence-electron chi connectivity index (χ1n) is 10.8. The molecule has 3 nitrogen and oxygen atoms in total. The van der Waals surface area contributed by atoms with Gasteiger partial charge in [0.2, 0.25) is 0 Å². The fraction of sp³-hybridized carbons (Fsp3) is 0.500. The molecule has 0 amide bonds. The van der Waals surface area contributed by atoms with Gasteiger partial charge in [-0.15, -0.1) is 5.10 Å². The van der Waals surface area contributed by atoms with Gasteiger partial charge in [-0.05, 0) is 17.2 Å². The van der Waals surface area contributed by atoms with Gasteiger partial charge in [-0.1, -0.05) is 112 Å². The molecule has 0 aliphatic heterocycles. The van der Waals surface area contributed by atoms with Crippen LogP contribution in [0.5, 0.6) is 0 Å². The Morgan fingerprint density at radius 2 is 1.41 bits per heavy atom. The van der Waals surface area contributed by atoms with Crippen molar-refractivity contribution in [1.29, 1.82) is 0 Å². The van der Waals surface area contributed by atoms with Crippen LogP contribution in [0.25, 0.3) is 22.0 Å². The summed E-state index contributed by atoms with van der Waals surface area (Å²) in [5.74, 6) is 0. The number of hydrogen-bond acceptors (Lipinski definition) is 2. The average molecular weight is 364 g/mol. The van der Waals surface area contributed by atoms with Gasteiger partial charge in [-0.3, -0.25) is 4.68 Å². The summed E-state index contributed by atoms with van der Waals surface area (Å²) in [5, 5.41) is 11.2. The van der Waals surface area contributed by atoms with Crippen molar-refractivity contribution in [2.45, 2.75) is 77.7 Å². The second-order valence-corrected chi connectivity index (χ2v) is 7.58. The molecule has 3 rings (SSSR count). The predicted molar refractivity (Wildman–Crippen MR) is 115 cm³/mol. The van der Waals surface area contributed by atoms with Crippen LogP contribution in [0.15, 0.2) is 48.7 Å². The number of aromatic nitrogens is 3. The first-order chi connectivity index (χ1) is 13.4. The number of hydrogen-bond donors (Lipinski definition) is 0. The van der Waals surface area contributed by atoms with Crippen molar-refractivity contribution in [3.8, 4) is 11.3 Å². The van der Waals surface area contributed by atoms with Crippen molar-refractivity contribution < 1.29 is 0 Å². The highest BCUT2D eigenvalue weighted by atomic mass is 15.4. The van der Waals surface area contributed by atoms with Crippen LogP contribution in [0.1, 0.15) is 71.1 Å². The quantitative estimate of drug-likeness (QED) is 0.324. The zero-order chi connectivity index (χ0) is 18.7. The Labute approximate surface area is 163 Å². The third-order valence-electron chi connectivity index (χ3n) is 5.35. The van der Waals surface area contributed by atoms with Gasteiger partial charge in [0.05, 0.1) is 6.20 Å². The summed E-state index contributed by atoms with van der Waals surface area (Å²) in [7, 11) is 0. The van der Waals surface area contributed by atoms with Gasteiger partial charge in [-0.2, -0.15) is 0 Å². The predicted octanol–water partition coefficient (Wildman–Crippen LogP) is 7.02. The van der Waals surface area contributed by atoms with Crippen LogP contribution < -0.4 is 0 Å². The molecule has 0 saturated heterocycles. The van der Waals surface area contributed by atoms with E-state index >= 15 is 0 Å². The van der Waals surface area contributed by atoms with E-state index in [1.807, 2.05) is 4.68 Å². The molecule has 0 saturated carbocycles. The smallest absolute Gasteiger partial charge is 0.113 e. The van der Waals surface area contributed by atoms with E-state index in [0.717, 1.165) is 12.2 Å². The molecule has 0 fully saturated rings. The van der Waals surface area contributed by atoms with Crippen LogP contribution in [0.4, 0.5) is 0 Å². The number of fused-ring (bicyclic) bond motifs is 1. The maximum Gasteiger partial charge on any atom is 0.113 e. The lowest BCUT2D eigenvalue weighted by molar-refractivity contribution is 0.507. The summed E-state index contributed by atoms with van der Waals surface area (Å²) in [6.07, 6.45) is 15.7. The molecule has 2 aromatic carbocycles. The Morgan fingerprint density at radius 3 is 2.19 bits per heavy atom. The van der Waals surface area contributed by atoms with Crippen molar-refractivity contribution >= 4 is 10.8 Å². The third kappa shape index (κ3) is 5.92. The highest BCUT2D eigenvalue weighted by Crippen LogP contribution is 2.26. The summed E-state index contributed by atoms with van der Waals surface area (Å²) < 4.78 is 2.00. The lowest BCUT2D eigenvalue weighted by Gasteiger charge is -2.03. The molecule has 1 heterocycles. The van der Waals surface area contributed by atoms with Gasteiger partial charge in [-0.25, -0.2) is 0 Å². The second-order valence-electron chi connectivity index (χ2n) is 7.58. The lowest BCUT2D eigenvalue weighted by Crippen LogP contribution is -1.98. The van der Waals surface area contributed by atoms with Crippen molar-refractivity contribution in [3.63, 3.8) is 0 Å². The van der Waals surface area contributed by atoms with E-state index in [2.05, 4.69) is 65.9 Å². The Balaban J connectivity index is 1.40. The van der Waals surface area contributed by atoms with E-state index in [1.165, 1.54) is 80.5 Å². The summed E-state index contributed by atoms with van der Waals surface area (Å²) in [6.45, 7) is 3.24. The number of nitrogens with zero attached hydrogens (tertiary/aromatic N) is 3. The Morgan fingerprint density at radius 1 is 0.741 bits per heavy atom. The zero-order valence-corrected chi connectivity index (χ0v) is 16.7. The molecule has 0 atom stereocenters. The molecule has 0 unspecified atom stereocenters. The van der Waals surface area contributed by atoms with Crippen LogP contribution in [-0.4, -0.2) is 15.0 Å². The Kier molecular flexibility index (Phi) is 7.88. The maximum absolute atomic E-state index is 4.41. The van der Waals surface area contributed by atoms with E-state index in [-0.39, 0.29) is 0 Å². The Bertz CT molecular complexity index is 801. The molecule has 0 aliphatic rings. The normalized spacial score (nSPS) is 11.3. The van der Waals surface area contributed by atoms with Crippen LogP contribution in [0, 0.1) is 0 Å². The van der Waals surface area contributed by atoms with Gasteiger partial charge in [0.1, 0.15) is 5.69 Å². The first-order valence-corrected chi connectivity index (χ1v) is 10.8. The van der Waals surface area contributed by atoms with E-state index in [0.29, 0.717) is 0 Å². The minimum Gasteiger partial charge on any atom is -0.252 e. The largest absolute Gasteiger partial charge is 0.252 e. The van der Waals surface area contributed by atoms with Crippen molar-refractivity contribution in [3.05, 3.63) is 48.7 Å². The average Bonchev–Trinajstić information content (AvgIpc) is 3.17. The third-order valence-corrected chi connectivity index (χ3v) is 5.35. The van der Waals surface area contributed by atoms with Gasteiger partial charge < -0.3 is 0 Å². The van der Waals surface area contributed by atoms with E-state index in [1.54, 1.807) is 0 Å². The van der Waals surface area contributed by atoms with Gasteiger partial charge in [0.15, 0.2) is 0 Å². The Hall–Kier alpha value is -2.16. The minimum atomic E-state index is 0.967. The molecule has 0 radical (unpaired) electrons. The molecular weight excluding hydrogens is 330 g/mol. The molecular formula is C24H33N3. The van der Waals surface area contributed by atoms with Crippen LogP contribution in [-0.2, 0) is 6.54 Å². The number of aryl methyl sites for hydroxylation is 1. The van der Waals surface area contributed by atoms with Gasteiger partial charge in [0, 0.05) is 12.1 Å². The molecule has 1 aromatic heterocycles. The van der Waals surface area contributed by atoms with Crippen molar-refractivity contribution in [2.75, 3.05) is 0 Å². The van der Waals surface area contributed by atoms with Crippen LogP contribution in [0.3, 0.4) is 0 Å². The summed E-state index contributed by atoms with van der Waals surface area (Å²) in [5.41, 5.74) is 2.14. The highest BCUT2D eigenvalue weighted by Gasteiger charge is 2.07. The molecule has 0 N–H and O–H groups in total. The molecule has 0 aliphatic carbocycles. The second kappa shape index (κ2) is 10.9. The molecule has 27 heavy (non-hydrogen) atoms. The topological polar surface area (TPSA) is 30.7 Å². The number of unbranched alkanes of at least 4 members (excludes halogenated alkanes) is 9. The van der Waals surface area contributed by atoms with Gasteiger partial charge in [0.25, 0.3) is 0 Å². The molecule has 3 aromatic rings. The van der Waals surface area contributed by atoms with Crippen molar-refractivity contribution in [1.82, 2.24) is 15.0 Å². The first kappa shape index (κ1) is 19.6. The van der Waals surface area contributed by atoms with Crippen LogP contribution >= 0.6 is 0 Å².